The number of fused-ring (bicyclic) bond motifs is 1. The minimum atomic E-state index is -1.18. The predicted octanol–water partition coefficient (Wildman–Crippen LogP) is 1.67. The standard InChI is InChI=1S/C14H17NO5/c16-13(11-4-5-12(20-11)14(17)18)15-9-2-1-3-10-8(9)6-7-19-10/h4-5,8-10H,1-3,6-7H2,(H,15,16)(H,17,18)/t8-,9+,10-/m0/s1. The van der Waals surface area contributed by atoms with E-state index in [0.717, 1.165) is 32.3 Å². The SMILES string of the molecule is O=C(O)c1ccc(C(=O)N[C@@H]2CCC[C@@H]3OCC[C@H]32)o1. The van der Waals surface area contributed by atoms with Gasteiger partial charge in [0.25, 0.3) is 5.91 Å². The average Bonchev–Trinajstić information content (AvgIpc) is 3.08. The fourth-order valence-corrected chi connectivity index (χ4v) is 3.17. The van der Waals surface area contributed by atoms with E-state index in [4.69, 9.17) is 14.3 Å². The van der Waals surface area contributed by atoms with Crippen molar-refractivity contribution in [2.45, 2.75) is 37.8 Å². The molecule has 1 amide bonds. The first-order chi connectivity index (χ1) is 9.65. The lowest BCUT2D eigenvalue weighted by molar-refractivity contribution is 0.0504. The highest BCUT2D eigenvalue weighted by Gasteiger charge is 2.38. The van der Waals surface area contributed by atoms with Crippen molar-refractivity contribution in [2.24, 2.45) is 5.92 Å². The lowest BCUT2D eigenvalue weighted by Gasteiger charge is -2.32. The number of hydrogen-bond donors (Lipinski definition) is 2. The van der Waals surface area contributed by atoms with Crippen LogP contribution in [0.1, 0.15) is 46.8 Å². The van der Waals surface area contributed by atoms with E-state index in [0.29, 0.717) is 5.92 Å². The highest BCUT2D eigenvalue weighted by molar-refractivity contribution is 5.93. The van der Waals surface area contributed by atoms with E-state index in [1.165, 1.54) is 12.1 Å². The van der Waals surface area contributed by atoms with Gasteiger partial charge in [0.2, 0.25) is 5.76 Å². The van der Waals surface area contributed by atoms with Crippen LogP contribution in [0.5, 0.6) is 0 Å². The van der Waals surface area contributed by atoms with Gasteiger partial charge in [-0.3, -0.25) is 4.79 Å². The number of hydrogen-bond acceptors (Lipinski definition) is 4. The van der Waals surface area contributed by atoms with E-state index in [1.807, 2.05) is 0 Å². The number of amides is 1. The smallest absolute Gasteiger partial charge is 0.371 e. The number of carbonyl (C=O) groups excluding carboxylic acids is 1. The number of aromatic carboxylic acids is 1. The van der Waals surface area contributed by atoms with E-state index >= 15 is 0 Å². The van der Waals surface area contributed by atoms with Crippen molar-refractivity contribution in [1.82, 2.24) is 5.32 Å². The van der Waals surface area contributed by atoms with Gasteiger partial charge in [-0.25, -0.2) is 4.79 Å². The van der Waals surface area contributed by atoms with Crippen LogP contribution in [0.2, 0.25) is 0 Å². The van der Waals surface area contributed by atoms with Crippen LogP contribution in [-0.2, 0) is 4.74 Å². The Morgan fingerprint density at radius 1 is 1.20 bits per heavy atom. The summed E-state index contributed by atoms with van der Waals surface area (Å²) >= 11 is 0. The summed E-state index contributed by atoms with van der Waals surface area (Å²) in [6.07, 6.45) is 4.24. The molecular formula is C14H17NO5. The summed E-state index contributed by atoms with van der Waals surface area (Å²) in [6.45, 7) is 0.756. The van der Waals surface area contributed by atoms with Crippen LogP contribution in [0.25, 0.3) is 0 Å². The Hall–Kier alpha value is -1.82. The molecule has 20 heavy (non-hydrogen) atoms. The third kappa shape index (κ3) is 2.43. The van der Waals surface area contributed by atoms with Crippen molar-refractivity contribution in [1.29, 1.82) is 0 Å². The first-order valence-electron chi connectivity index (χ1n) is 6.91. The lowest BCUT2D eigenvalue weighted by Crippen LogP contribution is -2.45. The number of carboxylic acids is 1. The van der Waals surface area contributed by atoms with Gasteiger partial charge in [-0.15, -0.1) is 0 Å². The van der Waals surface area contributed by atoms with Crippen LogP contribution in [0, 0.1) is 5.92 Å². The van der Waals surface area contributed by atoms with Crippen LogP contribution in [0.15, 0.2) is 16.5 Å². The van der Waals surface area contributed by atoms with Crippen molar-refractivity contribution in [3.05, 3.63) is 23.7 Å². The van der Waals surface area contributed by atoms with Gasteiger partial charge in [0.1, 0.15) is 0 Å². The maximum absolute atomic E-state index is 12.1. The molecule has 2 N–H and O–H groups in total. The molecule has 108 valence electrons. The van der Waals surface area contributed by atoms with Crippen molar-refractivity contribution in [2.75, 3.05) is 6.61 Å². The van der Waals surface area contributed by atoms with Crippen LogP contribution in [0.4, 0.5) is 0 Å². The molecule has 2 aliphatic rings. The normalized spacial score (nSPS) is 28.9. The first-order valence-corrected chi connectivity index (χ1v) is 6.91. The van der Waals surface area contributed by atoms with E-state index in [1.54, 1.807) is 0 Å². The summed E-state index contributed by atoms with van der Waals surface area (Å²) in [4.78, 5) is 22.8. The highest BCUT2D eigenvalue weighted by Crippen LogP contribution is 2.34. The minimum absolute atomic E-state index is 0.0449. The number of furan rings is 1. The van der Waals surface area contributed by atoms with Crippen molar-refractivity contribution < 1.29 is 23.8 Å². The molecule has 3 atom stereocenters. The van der Waals surface area contributed by atoms with E-state index < -0.39 is 5.97 Å². The Kier molecular flexibility index (Phi) is 3.48. The molecule has 0 unspecified atom stereocenters. The maximum atomic E-state index is 12.1. The molecule has 6 heteroatoms. The molecule has 3 rings (SSSR count). The van der Waals surface area contributed by atoms with Crippen LogP contribution in [-0.4, -0.2) is 35.7 Å². The minimum Gasteiger partial charge on any atom is -0.475 e. The van der Waals surface area contributed by atoms with E-state index in [9.17, 15) is 9.59 Å². The molecule has 1 aromatic rings. The van der Waals surface area contributed by atoms with Gasteiger partial charge in [0.05, 0.1) is 6.10 Å². The molecule has 1 aliphatic carbocycles. The van der Waals surface area contributed by atoms with Crippen molar-refractivity contribution >= 4 is 11.9 Å². The molecule has 0 spiro atoms. The Morgan fingerprint density at radius 2 is 2.00 bits per heavy atom. The number of nitrogens with one attached hydrogen (secondary N) is 1. The largest absolute Gasteiger partial charge is 0.475 e. The zero-order valence-corrected chi connectivity index (χ0v) is 11.0. The monoisotopic (exact) mass is 279 g/mol. The van der Waals surface area contributed by atoms with Gasteiger partial charge < -0.3 is 19.6 Å². The van der Waals surface area contributed by atoms with Crippen LogP contribution >= 0.6 is 0 Å². The third-order valence-electron chi connectivity index (χ3n) is 4.14. The maximum Gasteiger partial charge on any atom is 0.371 e. The van der Waals surface area contributed by atoms with Crippen LogP contribution < -0.4 is 5.32 Å². The summed E-state index contributed by atoms with van der Waals surface area (Å²) in [5.74, 6) is -1.34. The second-order valence-electron chi connectivity index (χ2n) is 5.34. The molecule has 1 saturated heterocycles. The Bertz CT molecular complexity index is 523. The fraction of sp³-hybridized carbons (Fsp3) is 0.571. The molecule has 0 bridgehead atoms. The second-order valence-corrected chi connectivity index (χ2v) is 5.34. The van der Waals surface area contributed by atoms with Gasteiger partial charge in [0.15, 0.2) is 5.76 Å². The summed E-state index contributed by atoms with van der Waals surface area (Å²) in [5.41, 5.74) is 0. The molecule has 2 fully saturated rings. The average molecular weight is 279 g/mol. The molecule has 2 heterocycles. The molecule has 1 saturated carbocycles. The predicted molar refractivity (Wildman–Crippen MR) is 68.6 cm³/mol. The second kappa shape index (κ2) is 5.28. The summed E-state index contributed by atoms with van der Waals surface area (Å²) in [5, 5.41) is 11.7. The van der Waals surface area contributed by atoms with Crippen molar-refractivity contribution in [3.63, 3.8) is 0 Å². The Labute approximate surface area is 116 Å². The van der Waals surface area contributed by atoms with Gasteiger partial charge in [0, 0.05) is 18.6 Å². The number of rotatable bonds is 3. The topological polar surface area (TPSA) is 88.8 Å². The molecule has 6 nitrogen and oxygen atoms in total. The molecule has 1 aromatic heterocycles. The Balaban J connectivity index is 1.67. The van der Waals surface area contributed by atoms with Gasteiger partial charge in [-0.2, -0.15) is 0 Å². The molecule has 1 aliphatic heterocycles. The van der Waals surface area contributed by atoms with Crippen LogP contribution in [0.3, 0.4) is 0 Å². The first kappa shape index (κ1) is 13.2. The van der Waals surface area contributed by atoms with E-state index in [2.05, 4.69) is 5.32 Å². The molecular weight excluding hydrogens is 262 g/mol. The van der Waals surface area contributed by atoms with Gasteiger partial charge >= 0.3 is 5.97 Å². The quantitative estimate of drug-likeness (QED) is 0.878. The summed E-state index contributed by atoms with van der Waals surface area (Å²) in [7, 11) is 0. The number of carbonyl (C=O) groups is 2. The fourth-order valence-electron chi connectivity index (χ4n) is 3.17. The zero-order valence-electron chi connectivity index (χ0n) is 11.0. The highest BCUT2D eigenvalue weighted by atomic mass is 16.5. The Morgan fingerprint density at radius 3 is 2.75 bits per heavy atom. The summed E-state index contributed by atoms with van der Waals surface area (Å²) in [6, 6.07) is 2.77. The van der Waals surface area contributed by atoms with Gasteiger partial charge in [-0.1, -0.05) is 0 Å². The van der Waals surface area contributed by atoms with Crippen molar-refractivity contribution in [3.8, 4) is 0 Å². The third-order valence-corrected chi connectivity index (χ3v) is 4.14. The van der Waals surface area contributed by atoms with E-state index in [-0.39, 0.29) is 29.6 Å². The number of ether oxygens (including phenoxy) is 1. The molecule has 0 aromatic carbocycles. The lowest BCUT2D eigenvalue weighted by atomic mass is 9.82. The molecule has 0 radical (unpaired) electrons. The summed E-state index contributed by atoms with van der Waals surface area (Å²) < 4.78 is 10.7. The number of carboxylic acid groups (broad SMARTS) is 1. The zero-order chi connectivity index (χ0) is 14.1. The van der Waals surface area contributed by atoms with Gasteiger partial charge in [-0.05, 0) is 37.8 Å².